The lowest BCUT2D eigenvalue weighted by molar-refractivity contribution is -0.140. The molecule has 1 N–H and O–H groups in total. The van der Waals surface area contributed by atoms with Gasteiger partial charge in [0, 0.05) is 4.88 Å². The standard InChI is InChI=1S/C19H24N2OS/c1-3-15-11(2)23-17(16(15)10-20)21-18(22)19-7-12-4-13(8-19)6-14(5-12)9-19/h12-14H,3-9H2,1-2H3,(H,21,22). The molecule has 0 radical (unpaired) electrons. The molecule has 5 rings (SSSR count). The number of nitrogens with one attached hydrogen (secondary N) is 1. The number of rotatable bonds is 3. The SMILES string of the molecule is CCc1c(C)sc(NC(=O)C23CC4CC(CC(C4)C2)C3)c1C#N. The quantitative estimate of drug-likeness (QED) is 0.878. The van der Waals surface area contributed by atoms with Crippen LogP contribution in [-0.2, 0) is 11.2 Å². The Morgan fingerprint density at radius 1 is 1.26 bits per heavy atom. The van der Waals surface area contributed by atoms with E-state index in [2.05, 4.69) is 18.3 Å². The highest BCUT2D eigenvalue weighted by Crippen LogP contribution is 2.60. The van der Waals surface area contributed by atoms with Gasteiger partial charge in [-0.25, -0.2) is 0 Å². The lowest BCUT2D eigenvalue weighted by atomic mass is 9.49. The predicted molar refractivity (Wildman–Crippen MR) is 92.4 cm³/mol. The molecule has 0 spiro atoms. The van der Waals surface area contributed by atoms with Gasteiger partial charge < -0.3 is 5.32 Å². The van der Waals surface area contributed by atoms with Crippen molar-refractivity contribution >= 4 is 22.2 Å². The topological polar surface area (TPSA) is 52.9 Å². The van der Waals surface area contributed by atoms with Crippen LogP contribution in [0, 0.1) is 41.4 Å². The van der Waals surface area contributed by atoms with Gasteiger partial charge in [0.2, 0.25) is 5.91 Å². The van der Waals surface area contributed by atoms with E-state index in [-0.39, 0.29) is 11.3 Å². The van der Waals surface area contributed by atoms with Crippen LogP contribution in [0.1, 0.15) is 61.5 Å². The van der Waals surface area contributed by atoms with Crippen LogP contribution < -0.4 is 5.32 Å². The molecule has 4 saturated carbocycles. The minimum Gasteiger partial charge on any atom is -0.316 e. The molecule has 4 aliphatic carbocycles. The molecule has 4 aliphatic rings. The van der Waals surface area contributed by atoms with Crippen molar-refractivity contribution in [2.24, 2.45) is 23.2 Å². The van der Waals surface area contributed by atoms with Crippen LogP contribution in [0.3, 0.4) is 0 Å². The maximum atomic E-state index is 13.1. The molecule has 122 valence electrons. The first-order chi connectivity index (χ1) is 11.0. The van der Waals surface area contributed by atoms with E-state index >= 15 is 0 Å². The number of thiophene rings is 1. The number of amides is 1. The molecule has 4 heteroatoms. The second kappa shape index (κ2) is 5.34. The lowest BCUT2D eigenvalue weighted by Crippen LogP contribution is -2.51. The van der Waals surface area contributed by atoms with E-state index in [1.165, 1.54) is 19.3 Å². The minimum atomic E-state index is -0.147. The Bertz CT molecular complexity index is 662. The summed E-state index contributed by atoms with van der Waals surface area (Å²) >= 11 is 1.57. The predicted octanol–water partition coefficient (Wildman–Crippen LogP) is 4.65. The highest BCUT2D eigenvalue weighted by atomic mass is 32.1. The van der Waals surface area contributed by atoms with Crippen LogP contribution in [0.25, 0.3) is 0 Å². The number of carbonyl (C=O) groups is 1. The van der Waals surface area contributed by atoms with Crippen LogP contribution in [0.5, 0.6) is 0 Å². The molecule has 0 aliphatic heterocycles. The van der Waals surface area contributed by atoms with E-state index in [1.54, 1.807) is 11.3 Å². The Morgan fingerprint density at radius 2 is 1.83 bits per heavy atom. The summed E-state index contributed by atoms with van der Waals surface area (Å²) in [6, 6.07) is 2.31. The van der Waals surface area contributed by atoms with Gasteiger partial charge in [-0.1, -0.05) is 6.92 Å². The second-order valence-electron chi connectivity index (χ2n) is 7.96. The molecule has 23 heavy (non-hydrogen) atoms. The molecular weight excluding hydrogens is 304 g/mol. The van der Waals surface area contributed by atoms with Crippen LogP contribution in [0.4, 0.5) is 5.00 Å². The van der Waals surface area contributed by atoms with Gasteiger partial charge in [0.25, 0.3) is 0 Å². The number of hydrogen-bond acceptors (Lipinski definition) is 3. The van der Waals surface area contributed by atoms with E-state index in [0.29, 0.717) is 5.56 Å². The smallest absolute Gasteiger partial charge is 0.231 e. The van der Waals surface area contributed by atoms with E-state index in [1.807, 2.05) is 6.92 Å². The third kappa shape index (κ3) is 2.32. The Balaban J connectivity index is 1.61. The monoisotopic (exact) mass is 328 g/mol. The van der Waals surface area contributed by atoms with E-state index in [4.69, 9.17) is 0 Å². The maximum Gasteiger partial charge on any atom is 0.231 e. The zero-order valence-electron chi connectivity index (χ0n) is 13.9. The van der Waals surface area contributed by atoms with Crippen molar-refractivity contribution in [1.82, 2.24) is 0 Å². The number of hydrogen-bond donors (Lipinski definition) is 1. The molecule has 0 atom stereocenters. The van der Waals surface area contributed by atoms with Crippen molar-refractivity contribution in [2.75, 3.05) is 5.32 Å². The van der Waals surface area contributed by atoms with Crippen molar-refractivity contribution < 1.29 is 4.79 Å². The molecular formula is C19H24N2OS. The molecule has 4 fully saturated rings. The Labute approximate surface area is 142 Å². The summed E-state index contributed by atoms with van der Waals surface area (Å²) in [6.07, 6.45) is 8.07. The van der Waals surface area contributed by atoms with Gasteiger partial charge in [0.05, 0.1) is 11.0 Å². The molecule has 0 aromatic carbocycles. The first kappa shape index (κ1) is 15.2. The van der Waals surface area contributed by atoms with E-state index < -0.39 is 0 Å². The Hall–Kier alpha value is -1.34. The summed E-state index contributed by atoms with van der Waals surface area (Å²) in [5.74, 6) is 2.48. The van der Waals surface area contributed by atoms with Crippen molar-refractivity contribution in [1.29, 1.82) is 5.26 Å². The largest absolute Gasteiger partial charge is 0.316 e. The zero-order chi connectivity index (χ0) is 16.2. The average molecular weight is 328 g/mol. The summed E-state index contributed by atoms with van der Waals surface area (Å²) in [6.45, 7) is 4.12. The fourth-order valence-electron chi connectivity index (χ4n) is 5.84. The third-order valence-corrected chi connectivity index (χ3v) is 7.48. The number of anilines is 1. The normalized spacial score (nSPS) is 34.4. The molecule has 1 aromatic heterocycles. The number of nitrogens with zero attached hydrogens (tertiary/aromatic N) is 1. The second-order valence-corrected chi connectivity index (χ2v) is 9.18. The molecule has 0 saturated heterocycles. The zero-order valence-corrected chi connectivity index (χ0v) is 14.8. The Kier molecular flexibility index (Phi) is 3.53. The minimum absolute atomic E-state index is 0.147. The van der Waals surface area contributed by atoms with Crippen LogP contribution >= 0.6 is 11.3 Å². The first-order valence-corrected chi connectivity index (χ1v) is 9.70. The van der Waals surface area contributed by atoms with E-state index in [9.17, 15) is 10.1 Å². The molecule has 1 amide bonds. The fraction of sp³-hybridized carbons (Fsp3) is 0.684. The van der Waals surface area contributed by atoms with Crippen LogP contribution in [0.15, 0.2) is 0 Å². The van der Waals surface area contributed by atoms with Gasteiger partial charge in [-0.15, -0.1) is 11.3 Å². The fourth-order valence-corrected chi connectivity index (χ4v) is 6.93. The summed E-state index contributed by atoms with van der Waals surface area (Å²) in [7, 11) is 0. The van der Waals surface area contributed by atoms with Gasteiger partial charge in [0.1, 0.15) is 11.1 Å². The summed E-state index contributed by atoms with van der Waals surface area (Å²) < 4.78 is 0. The van der Waals surface area contributed by atoms with Gasteiger partial charge in [-0.2, -0.15) is 5.26 Å². The van der Waals surface area contributed by atoms with Gasteiger partial charge in [-0.05, 0) is 75.2 Å². The number of nitriles is 1. The molecule has 1 heterocycles. The molecule has 1 aromatic rings. The average Bonchev–Trinajstić information content (AvgIpc) is 2.80. The summed E-state index contributed by atoms with van der Waals surface area (Å²) in [5, 5.41) is 13.4. The molecule has 3 nitrogen and oxygen atoms in total. The highest BCUT2D eigenvalue weighted by molar-refractivity contribution is 7.16. The van der Waals surface area contributed by atoms with Crippen LogP contribution in [0.2, 0.25) is 0 Å². The first-order valence-electron chi connectivity index (χ1n) is 8.88. The third-order valence-electron chi connectivity index (χ3n) is 6.42. The van der Waals surface area contributed by atoms with Gasteiger partial charge in [-0.3, -0.25) is 4.79 Å². The molecule has 4 bridgehead atoms. The lowest BCUT2D eigenvalue weighted by Gasteiger charge is -2.55. The summed E-state index contributed by atoms with van der Waals surface area (Å²) in [5.41, 5.74) is 1.64. The molecule has 0 unspecified atom stereocenters. The highest BCUT2D eigenvalue weighted by Gasteiger charge is 2.54. The van der Waals surface area contributed by atoms with Crippen molar-refractivity contribution in [3.05, 3.63) is 16.0 Å². The van der Waals surface area contributed by atoms with Crippen molar-refractivity contribution in [3.8, 4) is 6.07 Å². The van der Waals surface area contributed by atoms with Gasteiger partial charge in [0.15, 0.2) is 0 Å². The van der Waals surface area contributed by atoms with Gasteiger partial charge >= 0.3 is 0 Å². The Morgan fingerprint density at radius 3 is 2.30 bits per heavy atom. The van der Waals surface area contributed by atoms with Crippen LogP contribution in [-0.4, -0.2) is 5.91 Å². The maximum absolute atomic E-state index is 13.1. The van der Waals surface area contributed by atoms with Crippen molar-refractivity contribution in [3.63, 3.8) is 0 Å². The number of aryl methyl sites for hydroxylation is 1. The van der Waals surface area contributed by atoms with Crippen molar-refractivity contribution in [2.45, 2.75) is 58.8 Å². The summed E-state index contributed by atoms with van der Waals surface area (Å²) in [4.78, 5) is 14.3. The van der Waals surface area contributed by atoms with E-state index in [0.717, 1.165) is 58.9 Å². The number of carbonyl (C=O) groups excluding carboxylic acids is 1.